The molecular formula is C15H16ClNO2S2. The molecule has 0 bridgehead atoms. The summed E-state index contributed by atoms with van der Waals surface area (Å²) >= 11 is 7.51. The minimum absolute atomic E-state index is 0.118. The summed E-state index contributed by atoms with van der Waals surface area (Å²) in [6.07, 6.45) is 2.45. The van der Waals surface area contributed by atoms with E-state index in [1.807, 2.05) is 18.4 Å². The van der Waals surface area contributed by atoms with E-state index in [2.05, 4.69) is 5.32 Å². The van der Waals surface area contributed by atoms with E-state index in [0.717, 1.165) is 22.4 Å². The molecule has 0 aliphatic rings. The summed E-state index contributed by atoms with van der Waals surface area (Å²) in [5, 5.41) is 5.36. The first-order valence-electron chi connectivity index (χ1n) is 6.47. The van der Waals surface area contributed by atoms with Gasteiger partial charge in [-0.05, 0) is 47.2 Å². The molecule has 0 aliphatic heterocycles. The van der Waals surface area contributed by atoms with Crippen molar-refractivity contribution in [2.24, 2.45) is 0 Å². The molecule has 6 heteroatoms. The van der Waals surface area contributed by atoms with Crippen molar-refractivity contribution >= 4 is 45.3 Å². The number of carbonyl (C=O) groups is 1. The van der Waals surface area contributed by atoms with Crippen LogP contribution in [-0.2, 0) is 23.0 Å². The molecule has 1 atom stereocenters. The standard InChI is InChI=1S/C15H16ClNO2S2/c1-3-10-6-7-20-14(10)15(18)17-12-4-5-13(16)11(8-12)9-21(2)19/h4-8H,3,9H2,1-2H3,(H,17,18). The minimum atomic E-state index is -0.978. The summed E-state index contributed by atoms with van der Waals surface area (Å²) in [6.45, 7) is 2.02. The Balaban J connectivity index is 2.20. The molecule has 1 amide bonds. The van der Waals surface area contributed by atoms with Crippen molar-refractivity contribution in [2.75, 3.05) is 11.6 Å². The Morgan fingerprint density at radius 2 is 2.10 bits per heavy atom. The number of aryl methyl sites for hydroxylation is 1. The van der Waals surface area contributed by atoms with E-state index in [0.29, 0.717) is 16.5 Å². The number of thiophene rings is 1. The molecule has 1 N–H and O–H groups in total. The average molecular weight is 342 g/mol. The average Bonchev–Trinajstić information content (AvgIpc) is 2.90. The van der Waals surface area contributed by atoms with Gasteiger partial charge in [-0.15, -0.1) is 11.3 Å². The maximum absolute atomic E-state index is 12.3. The Morgan fingerprint density at radius 3 is 2.76 bits per heavy atom. The lowest BCUT2D eigenvalue weighted by atomic mass is 10.2. The normalized spacial score (nSPS) is 12.1. The molecular weight excluding hydrogens is 326 g/mol. The van der Waals surface area contributed by atoms with E-state index in [4.69, 9.17) is 11.6 Å². The van der Waals surface area contributed by atoms with Crippen LogP contribution >= 0.6 is 22.9 Å². The monoisotopic (exact) mass is 341 g/mol. The molecule has 0 radical (unpaired) electrons. The van der Waals surface area contributed by atoms with Gasteiger partial charge >= 0.3 is 0 Å². The first-order chi connectivity index (χ1) is 10.0. The third-order valence-electron chi connectivity index (χ3n) is 3.00. The van der Waals surface area contributed by atoms with Crippen molar-refractivity contribution < 1.29 is 9.00 Å². The summed E-state index contributed by atoms with van der Waals surface area (Å²) in [5.41, 5.74) is 2.49. The number of carbonyl (C=O) groups excluding carboxylic acids is 1. The maximum Gasteiger partial charge on any atom is 0.266 e. The number of hydrogen-bond donors (Lipinski definition) is 1. The van der Waals surface area contributed by atoms with Crippen LogP contribution in [0.2, 0.25) is 5.02 Å². The minimum Gasteiger partial charge on any atom is -0.321 e. The van der Waals surface area contributed by atoms with Crippen LogP contribution in [0.3, 0.4) is 0 Å². The lowest BCUT2D eigenvalue weighted by molar-refractivity contribution is 0.103. The van der Waals surface area contributed by atoms with Crippen molar-refractivity contribution in [3.63, 3.8) is 0 Å². The molecule has 3 nitrogen and oxygen atoms in total. The second-order valence-electron chi connectivity index (χ2n) is 4.61. The zero-order valence-electron chi connectivity index (χ0n) is 11.8. The van der Waals surface area contributed by atoms with E-state index in [1.54, 1.807) is 24.5 Å². The molecule has 21 heavy (non-hydrogen) atoms. The van der Waals surface area contributed by atoms with Crippen LogP contribution in [0.5, 0.6) is 0 Å². The fourth-order valence-electron chi connectivity index (χ4n) is 1.98. The van der Waals surface area contributed by atoms with Gasteiger partial charge in [0.25, 0.3) is 5.91 Å². The predicted octanol–water partition coefficient (Wildman–Crippen LogP) is 4.09. The number of anilines is 1. The summed E-state index contributed by atoms with van der Waals surface area (Å²) in [4.78, 5) is 13.0. The van der Waals surface area contributed by atoms with E-state index in [9.17, 15) is 9.00 Å². The summed E-state index contributed by atoms with van der Waals surface area (Å²) < 4.78 is 11.3. The smallest absolute Gasteiger partial charge is 0.266 e. The number of benzene rings is 1. The topological polar surface area (TPSA) is 46.2 Å². The number of amides is 1. The molecule has 0 aliphatic carbocycles. The maximum atomic E-state index is 12.3. The predicted molar refractivity (Wildman–Crippen MR) is 90.9 cm³/mol. The van der Waals surface area contributed by atoms with E-state index >= 15 is 0 Å². The van der Waals surface area contributed by atoms with E-state index in [-0.39, 0.29) is 5.91 Å². The molecule has 112 valence electrons. The molecule has 1 heterocycles. The van der Waals surface area contributed by atoms with Gasteiger partial charge in [-0.3, -0.25) is 9.00 Å². The molecule has 2 rings (SSSR count). The second-order valence-corrected chi connectivity index (χ2v) is 7.36. The first-order valence-corrected chi connectivity index (χ1v) is 9.46. The molecule has 0 saturated carbocycles. The van der Waals surface area contributed by atoms with Crippen molar-refractivity contribution in [2.45, 2.75) is 19.1 Å². The fourth-order valence-corrected chi connectivity index (χ4v) is 3.81. The van der Waals surface area contributed by atoms with Gasteiger partial charge in [-0.1, -0.05) is 18.5 Å². The van der Waals surface area contributed by atoms with Gasteiger partial charge in [0.1, 0.15) is 0 Å². The lowest BCUT2D eigenvalue weighted by Crippen LogP contribution is -2.12. The number of nitrogens with one attached hydrogen (secondary N) is 1. The molecule has 1 unspecified atom stereocenters. The van der Waals surface area contributed by atoms with Gasteiger partial charge in [0.2, 0.25) is 0 Å². The van der Waals surface area contributed by atoms with Gasteiger partial charge in [0.15, 0.2) is 0 Å². The second kappa shape index (κ2) is 7.20. The van der Waals surface area contributed by atoms with Crippen molar-refractivity contribution in [3.8, 4) is 0 Å². The zero-order chi connectivity index (χ0) is 15.4. The van der Waals surface area contributed by atoms with Crippen LogP contribution in [0.15, 0.2) is 29.6 Å². The van der Waals surface area contributed by atoms with Crippen molar-refractivity contribution in [3.05, 3.63) is 50.7 Å². The highest BCUT2D eigenvalue weighted by Gasteiger charge is 2.13. The zero-order valence-corrected chi connectivity index (χ0v) is 14.2. The Kier molecular flexibility index (Phi) is 5.56. The highest BCUT2D eigenvalue weighted by molar-refractivity contribution is 7.83. The summed E-state index contributed by atoms with van der Waals surface area (Å²) in [6, 6.07) is 7.21. The van der Waals surface area contributed by atoms with Gasteiger partial charge in [-0.25, -0.2) is 0 Å². The highest BCUT2D eigenvalue weighted by atomic mass is 35.5. The molecule has 1 aromatic carbocycles. The van der Waals surface area contributed by atoms with Crippen molar-refractivity contribution in [1.82, 2.24) is 0 Å². The van der Waals surface area contributed by atoms with Gasteiger partial charge < -0.3 is 5.32 Å². The van der Waals surface area contributed by atoms with Gasteiger partial charge in [-0.2, -0.15) is 0 Å². The van der Waals surface area contributed by atoms with Crippen LogP contribution in [0.1, 0.15) is 27.7 Å². The number of rotatable bonds is 5. The first kappa shape index (κ1) is 16.2. The number of halogens is 1. The molecule has 2 aromatic rings. The third kappa shape index (κ3) is 4.15. The summed E-state index contributed by atoms with van der Waals surface area (Å²) in [5.74, 6) is 0.259. The Labute approximate surface area is 135 Å². The quantitative estimate of drug-likeness (QED) is 0.890. The van der Waals surface area contributed by atoms with Crippen LogP contribution < -0.4 is 5.32 Å². The van der Waals surface area contributed by atoms with Crippen LogP contribution in [0, 0.1) is 0 Å². The number of hydrogen-bond acceptors (Lipinski definition) is 3. The molecule has 0 fully saturated rings. The molecule has 0 saturated heterocycles. The fraction of sp³-hybridized carbons (Fsp3) is 0.267. The third-order valence-corrected chi connectivity index (χ3v) is 5.04. The van der Waals surface area contributed by atoms with Crippen LogP contribution in [-0.4, -0.2) is 16.4 Å². The van der Waals surface area contributed by atoms with E-state index in [1.165, 1.54) is 11.3 Å². The Bertz CT molecular complexity index is 682. The molecule has 0 spiro atoms. The van der Waals surface area contributed by atoms with Crippen LogP contribution in [0.4, 0.5) is 5.69 Å². The van der Waals surface area contributed by atoms with Gasteiger partial charge in [0, 0.05) is 33.5 Å². The van der Waals surface area contributed by atoms with Gasteiger partial charge in [0.05, 0.1) is 4.88 Å². The molecule has 1 aromatic heterocycles. The lowest BCUT2D eigenvalue weighted by Gasteiger charge is -2.08. The van der Waals surface area contributed by atoms with Crippen LogP contribution in [0.25, 0.3) is 0 Å². The Morgan fingerprint density at radius 1 is 1.33 bits per heavy atom. The summed E-state index contributed by atoms with van der Waals surface area (Å²) in [7, 11) is -0.978. The largest absolute Gasteiger partial charge is 0.321 e. The van der Waals surface area contributed by atoms with Crippen molar-refractivity contribution in [1.29, 1.82) is 0 Å². The SMILES string of the molecule is CCc1ccsc1C(=O)Nc1ccc(Cl)c(CS(C)=O)c1. The highest BCUT2D eigenvalue weighted by Crippen LogP contribution is 2.24. The Hall–Kier alpha value is -1.17. The van der Waals surface area contributed by atoms with E-state index < -0.39 is 10.8 Å².